The van der Waals surface area contributed by atoms with Gasteiger partial charge in [-0.1, -0.05) is 30.7 Å². The van der Waals surface area contributed by atoms with E-state index < -0.39 is 0 Å². The number of hydrogen-bond donors (Lipinski definition) is 2. The van der Waals surface area contributed by atoms with Crippen molar-refractivity contribution >= 4 is 30.7 Å². The van der Waals surface area contributed by atoms with Gasteiger partial charge in [0.1, 0.15) is 0 Å². The predicted octanol–water partition coefficient (Wildman–Crippen LogP) is 3.50. The molecule has 0 aliphatic heterocycles. The molecule has 4 nitrogen and oxygen atoms in total. The Balaban J connectivity index is 0.00000288. The highest BCUT2D eigenvalue weighted by Crippen LogP contribution is 2.26. The molecule has 1 aliphatic rings. The first kappa shape index (κ1) is 24.2. The number of carbonyl (C=O) groups excluding carboxylic acids is 1. The summed E-state index contributed by atoms with van der Waals surface area (Å²) in [5, 5.41) is 3.04. The molecule has 25 heavy (non-hydrogen) atoms. The standard InChI is InChI=1S/C19H31N3O.2ClH/c1-14(2)22(3)13-16-7-4-6-15(10-16)12-21-19(23)11-17-8-5-9-18(17)20;;/h4,6-7,10,14,17-18H,5,8-9,11-13,20H2,1-3H3,(H,21,23);2*1H/t17-,18+;;/m0../s1. The third-order valence-electron chi connectivity index (χ3n) is 4.96. The summed E-state index contributed by atoms with van der Waals surface area (Å²) in [5.41, 5.74) is 8.48. The molecule has 0 radical (unpaired) electrons. The van der Waals surface area contributed by atoms with Crippen molar-refractivity contribution in [1.82, 2.24) is 10.2 Å². The minimum Gasteiger partial charge on any atom is -0.352 e. The van der Waals surface area contributed by atoms with Crippen LogP contribution >= 0.6 is 24.8 Å². The lowest BCUT2D eigenvalue weighted by molar-refractivity contribution is -0.122. The first-order valence-corrected chi connectivity index (χ1v) is 8.76. The number of nitrogens with two attached hydrogens (primary N) is 1. The Morgan fingerprint density at radius 1 is 1.28 bits per heavy atom. The average molecular weight is 390 g/mol. The summed E-state index contributed by atoms with van der Waals surface area (Å²) in [6.07, 6.45) is 3.87. The van der Waals surface area contributed by atoms with E-state index in [2.05, 4.69) is 55.4 Å². The Hall–Kier alpha value is -0.810. The third-order valence-corrected chi connectivity index (χ3v) is 4.96. The van der Waals surface area contributed by atoms with Gasteiger partial charge in [0.25, 0.3) is 0 Å². The molecular weight excluding hydrogens is 357 g/mol. The summed E-state index contributed by atoms with van der Waals surface area (Å²) in [5.74, 6) is 0.484. The van der Waals surface area contributed by atoms with Gasteiger partial charge < -0.3 is 11.1 Å². The monoisotopic (exact) mass is 389 g/mol. The Labute approximate surface area is 164 Å². The lowest BCUT2D eigenvalue weighted by atomic mass is 10.00. The topological polar surface area (TPSA) is 58.4 Å². The van der Waals surface area contributed by atoms with Crippen LogP contribution in [0.2, 0.25) is 0 Å². The maximum Gasteiger partial charge on any atom is 0.220 e. The van der Waals surface area contributed by atoms with Gasteiger partial charge in [0.05, 0.1) is 0 Å². The third kappa shape index (κ3) is 7.95. The molecule has 0 unspecified atom stereocenters. The van der Waals surface area contributed by atoms with Gasteiger partial charge in [0, 0.05) is 31.6 Å². The number of amides is 1. The van der Waals surface area contributed by atoms with E-state index in [1.165, 1.54) is 5.56 Å². The maximum atomic E-state index is 12.1. The van der Waals surface area contributed by atoms with Crippen LogP contribution in [0.5, 0.6) is 0 Å². The van der Waals surface area contributed by atoms with Crippen molar-refractivity contribution in [2.45, 2.75) is 64.7 Å². The summed E-state index contributed by atoms with van der Waals surface area (Å²) < 4.78 is 0. The molecule has 6 heteroatoms. The molecule has 1 aromatic carbocycles. The van der Waals surface area contributed by atoms with Gasteiger partial charge in [-0.2, -0.15) is 0 Å². The van der Waals surface area contributed by atoms with E-state index in [1.807, 2.05) is 0 Å². The smallest absolute Gasteiger partial charge is 0.220 e. The van der Waals surface area contributed by atoms with E-state index in [9.17, 15) is 4.79 Å². The van der Waals surface area contributed by atoms with Crippen LogP contribution in [0.4, 0.5) is 0 Å². The largest absolute Gasteiger partial charge is 0.352 e. The fourth-order valence-electron chi connectivity index (χ4n) is 3.14. The van der Waals surface area contributed by atoms with Crippen LogP contribution in [0.15, 0.2) is 24.3 Å². The van der Waals surface area contributed by atoms with E-state index >= 15 is 0 Å². The number of halogens is 2. The van der Waals surface area contributed by atoms with E-state index in [1.54, 1.807) is 0 Å². The molecule has 144 valence electrons. The molecule has 1 aromatic rings. The van der Waals surface area contributed by atoms with Crippen molar-refractivity contribution in [3.63, 3.8) is 0 Å². The van der Waals surface area contributed by atoms with Gasteiger partial charge in [0.15, 0.2) is 0 Å². The second-order valence-corrected chi connectivity index (χ2v) is 7.16. The van der Waals surface area contributed by atoms with Gasteiger partial charge >= 0.3 is 0 Å². The molecule has 3 N–H and O–H groups in total. The predicted molar refractivity (Wildman–Crippen MR) is 109 cm³/mol. The molecule has 1 saturated carbocycles. The molecule has 0 bridgehead atoms. The number of rotatable bonds is 7. The minimum absolute atomic E-state index is 0. The fraction of sp³-hybridized carbons (Fsp3) is 0.632. The highest BCUT2D eigenvalue weighted by Gasteiger charge is 2.25. The summed E-state index contributed by atoms with van der Waals surface area (Å²) in [6, 6.07) is 9.19. The van der Waals surface area contributed by atoms with Crippen LogP contribution in [-0.2, 0) is 17.9 Å². The Bertz CT molecular complexity index is 525. The van der Waals surface area contributed by atoms with Crippen LogP contribution in [-0.4, -0.2) is 29.9 Å². The molecule has 0 heterocycles. The van der Waals surface area contributed by atoms with Crippen molar-refractivity contribution in [3.8, 4) is 0 Å². The molecule has 1 amide bonds. The van der Waals surface area contributed by atoms with Crippen molar-refractivity contribution < 1.29 is 4.79 Å². The van der Waals surface area contributed by atoms with Crippen molar-refractivity contribution in [2.75, 3.05) is 7.05 Å². The first-order chi connectivity index (χ1) is 11.0. The lowest BCUT2D eigenvalue weighted by Gasteiger charge is -2.21. The second-order valence-electron chi connectivity index (χ2n) is 7.16. The Morgan fingerprint density at radius 2 is 1.96 bits per heavy atom. The molecule has 0 saturated heterocycles. The number of hydrogen-bond acceptors (Lipinski definition) is 3. The number of carbonyl (C=O) groups is 1. The first-order valence-electron chi connectivity index (χ1n) is 8.76. The molecule has 2 rings (SSSR count). The summed E-state index contributed by atoms with van der Waals surface area (Å²) in [6.45, 7) is 5.91. The molecule has 2 atom stereocenters. The summed E-state index contributed by atoms with van der Waals surface area (Å²) in [7, 11) is 2.13. The SMILES string of the molecule is CC(C)N(C)Cc1cccc(CNC(=O)C[C@@H]2CCC[C@H]2N)c1.Cl.Cl. The second kappa shape index (κ2) is 11.7. The van der Waals surface area contributed by atoms with Crippen LogP contribution in [0.3, 0.4) is 0 Å². The van der Waals surface area contributed by atoms with E-state index in [4.69, 9.17) is 5.73 Å². The highest BCUT2D eigenvalue weighted by molar-refractivity contribution is 5.85. The Kier molecular flexibility index (Phi) is 11.4. The van der Waals surface area contributed by atoms with E-state index in [0.717, 1.165) is 31.4 Å². The number of benzene rings is 1. The summed E-state index contributed by atoms with van der Waals surface area (Å²) in [4.78, 5) is 14.4. The van der Waals surface area contributed by atoms with Gasteiger partial charge in [-0.15, -0.1) is 24.8 Å². The van der Waals surface area contributed by atoms with Gasteiger partial charge in [-0.05, 0) is 50.8 Å². The maximum absolute atomic E-state index is 12.1. The van der Waals surface area contributed by atoms with Gasteiger partial charge in [-0.25, -0.2) is 0 Å². The van der Waals surface area contributed by atoms with Crippen molar-refractivity contribution in [3.05, 3.63) is 35.4 Å². The van der Waals surface area contributed by atoms with E-state index in [-0.39, 0.29) is 36.8 Å². The zero-order chi connectivity index (χ0) is 16.8. The zero-order valence-corrected chi connectivity index (χ0v) is 17.2. The quantitative estimate of drug-likeness (QED) is 0.749. The van der Waals surface area contributed by atoms with Crippen LogP contribution in [0.25, 0.3) is 0 Å². The van der Waals surface area contributed by atoms with Crippen LogP contribution in [0.1, 0.15) is 50.7 Å². The fourth-order valence-corrected chi connectivity index (χ4v) is 3.14. The van der Waals surface area contributed by atoms with Gasteiger partial charge in [0.2, 0.25) is 5.91 Å². The van der Waals surface area contributed by atoms with Crippen LogP contribution < -0.4 is 11.1 Å². The number of nitrogens with one attached hydrogen (secondary N) is 1. The van der Waals surface area contributed by atoms with Crippen LogP contribution in [0, 0.1) is 5.92 Å². The normalized spacial score (nSPS) is 19.4. The molecule has 0 spiro atoms. The molecule has 0 aromatic heterocycles. The molecule has 1 aliphatic carbocycles. The van der Waals surface area contributed by atoms with Gasteiger partial charge in [-0.3, -0.25) is 9.69 Å². The highest BCUT2D eigenvalue weighted by atomic mass is 35.5. The van der Waals surface area contributed by atoms with Crippen molar-refractivity contribution in [1.29, 1.82) is 0 Å². The van der Waals surface area contributed by atoms with Crippen molar-refractivity contribution in [2.24, 2.45) is 11.7 Å². The lowest BCUT2D eigenvalue weighted by Crippen LogP contribution is -2.31. The Morgan fingerprint density at radius 3 is 2.56 bits per heavy atom. The minimum atomic E-state index is 0. The zero-order valence-electron chi connectivity index (χ0n) is 15.5. The molecule has 1 fully saturated rings. The summed E-state index contributed by atoms with van der Waals surface area (Å²) >= 11 is 0. The van der Waals surface area contributed by atoms with E-state index in [0.29, 0.717) is 24.9 Å². The number of nitrogens with zero attached hydrogens (tertiary/aromatic N) is 1. The molecular formula is C19H33Cl2N3O. The average Bonchev–Trinajstić information content (AvgIpc) is 2.90.